The summed E-state index contributed by atoms with van der Waals surface area (Å²) in [5.74, 6) is -0.290. The molecule has 0 spiro atoms. The maximum atomic E-state index is 11.8. The molecule has 5 heteroatoms. The predicted octanol–water partition coefficient (Wildman–Crippen LogP) is 2.49. The zero-order valence-corrected chi connectivity index (χ0v) is 11.6. The summed E-state index contributed by atoms with van der Waals surface area (Å²) < 4.78 is 0. The Morgan fingerprint density at radius 2 is 1.70 bits per heavy atom. The van der Waals surface area contributed by atoms with Crippen LogP contribution in [0, 0.1) is 0 Å². The lowest BCUT2D eigenvalue weighted by molar-refractivity contribution is 0.0991. The smallest absolute Gasteiger partial charge is 0.176 e. The molecule has 0 saturated carbocycles. The largest absolute Gasteiger partial charge is 0.504 e. The number of phenols is 2. The number of rotatable bonds is 5. The topological polar surface area (TPSA) is 69.6 Å². The molecule has 0 bridgehead atoms. The number of nitrogens with one attached hydrogen (secondary N) is 1. The number of aromatic hydroxyl groups is 2. The molecular formula is C15H16ClNO3. The first-order valence-corrected chi connectivity index (χ1v) is 5.96. The zero-order valence-electron chi connectivity index (χ0n) is 10.7. The molecule has 0 aromatic heterocycles. The fraction of sp³-hybridized carbons (Fsp3) is 0.133. The number of ketones is 1. The third-order valence-electron chi connectivity index (χ3n) is 2.75. The second-order valence-corrected chi connectivity index (χ2v) is 4.22. The third kappa shape index (κ3) is 4.26. The van der Waals surface area contributed by atoms with Gasteiger partial charge < -0.3 is 15.5 Å². The molecule has 20 heavy (non-hydrogen) atoms. The van der Waals surface area contributed by atoms with Crippen LogP contribution in [0.25, 0.3) is 0 Å². The third-order valence-corrected chi connectivity index (χ3v) is 2.75. The molecule has 2 rings (SSSR count). The minimum absolute atomic E-state index is 0. The first kappa shape index (κ1) is 16.0. The normalized spacial score (nSPS) is 9.80. The van der Waals surface area contributed by atoms with Gasteiger partial charge in [0, 0.05) is 12.1 Å². The van der Waals surface area contributed by atoms with Crippen molar-refractivity contribution in [2.45, 2.75) is 6.54 Å². The summed E-state index contributed by atoms with van der Waals surface area (Å²) in [4.78, 5) is 11.8. The van der Waals surface area contributed by atoms with Crippen molar-refractivity contribution in [2.24, 2.45) is 0 Å². The van der Waals surface area contributed by atoms with Gasteiger partial charge in [-0.15, -0.1) is 12.4 Å². The van der Waals surface area contributed by atoms with Gasteiger partial charge in [-0.1, -0.05) is 36.4 Å². The first-order valence-electron chi connectivity index (χ1n) is 5.96. The van der Waals surface area contributed by atoms with Crippen LogP contribution in [-0.4, -0.2) is 22.5 Å². The van der Waals surface area contributed by atoms with Gasteiger partial charge in [0.1, 0.15) is 0 Å². The van der Waals surface area contributed by atoms with E-state index in [0.29, 0.717) is 12.1 Å². The Balaban J connectivity index is 0.00000200. The van der Waals surface area contributed by atoms with Crippen molar-refractivity contribution in [3.05, 3.63) is 59.7 Å². The van der Waals surface area contributed by atoms with Gasteiger partial charge >= 0.3 is 0 Å². The molecule has 0 unspecified atom stereocenters. The SMILES string of the molecule is Cl.O=C(CNCc1ccc(O)c(O)c1)c1ccccc1. The van der Waals surface area contributed by atoms with Crippen LogP contribution in [0.4, 0.5) is 0 Å². The lowest BCUT2D eigenvalue weighted by atomic mass is 10.1. The highest BCUT2D eigenvalue weighted by Gasteiger charge is 2.05. The van der Waals surface area contributed by atoms with Crippen molar-refractivity contribution in [2.75, 3.05) is 6.54 Å². The van der Waals surface area contributed by atoms with E-state index < -0.39 is 0 Å². The molecule has 2 aromatic carbocycles. The monoisotopic (exact) mass is 293 g/mol. The fourth-order valence-corrected chi connectivity index (χ4v) is 1.73. The van der Waals surface area contributed by atoms with Crippen LogP contribution in [0.2, 0.25) is 0 Å². The van der Waals surface area contributed by atoms with Gasteiger partial charge in [0.15, 0.2) is 17.3 Å². The highest BCUT2D eigenvalue weighted by Crippen LogP contribution is 2.24. The molecule has 0 atom stereocenters. The van der Waals surface area contributed by atoms with Gasteiger partial charge in [-0.25, -0.2) is 0 Å². The van der Waals surface area contributed by atoms with Crippen LogP contribution >= 0.6 is 12.4 Å². The number of halogens is 1. The minimum Gasteiger partial charge on any atom is -0.504 e. The van der Waals surface area contributed by atoms with Crippen LogP contribution < -0.4 is 5.32 Å². The van der Waals surface area contributed by atoms with Crippen LogP contribution in [-0.2, 0) is 6.54 Å². The van der Waals surface area contributed by atoms with Crippen LogP contribution in [0.5, 0.6) is 11.5 Å². The summed E-state index contributed by atoms with van der Waals surface area (Å²) in [7, 11) is 0. The van der Waals surface area contributed by atoms with E-state index in [2.05, 4.69) is 5.32 Å². The molecule has 106 valence electrons. The predicted molar refractivity (Wildman–Crippen MR) is 79.5 cm³/mol. The van der Waals surface area contributed by atoms with Crippen LogP contribution in [0.3, 0.4) is 0 Å². The van der Waals surface area contributed by atoms with Gasteiger partial charge in [-0.2, -0.15) is 0 Å². The summed E-state index contributed by atoms with van der Waals surface area (Å²) in [6, 6.07) is 13.6. The second-order valence-electron chi connectivity index (χ2n) is 4.22. The molecule has 0 aliphatic heterocycles. The summed E-state index contributed by atoms with van der Waals surface area (Å²) in [6.07, 6.45) is 0. The molecule has 0 saturated heterocycles. The molecule has 0 aliphatic carbocycles. The van der Waals surface area contributed by atoms with Crippen LogP contribution in [0.15, 0.2) is 48.5 Å². The number of hydrogen-bond donors (Lipinski definition) is 3. The molecule has 0 amide bonds. The Hall–Kier alpha value is -2.04. The first-order chi connectivity index (χ1) is 9.16. The fourth-order valence-electron chi connectivity index (χ4n) is 1.73. The zero-order chi connectivity index (χ0) is 13.7. The molecule has 3 N–H and O–H groups in total. The highest BCUT2D eigenvalue weighted by molar-refractivity contribution is 5.97. The number of carbonyl (C=O) groups excluding carboxylic acids is 1. The van der Waals surface area contributed by atoms with Gasteiger partial charge in [0.05, 0.1) is 6.54 Å². The number of carbonyl (C=O) groups is 1. The number of hydrogen-bond acceptors (Lipinski definition) is 4. The number of Topliss-reactive ketones (excluding diaryl/α,β-unsaturated/α-hetero) is 1. The Labute approximate surface area is 123 Å². The molecule has 0 aliphatic rings. The van der Waals surface area contributed by atoms with E-state index in [1.807, 2.05) is 18.2 Å². The van der Waals surface area contributed by atoms with Crippen molar-refractivity contribution in [3.8, 4) is 11.5 Å². The van der Waals surface area contributed by atoms with Gasteiger partial charge in [-0.3, -0.25) is 4.79 Å². The van der Waals surface area contributed by atoms with Crippen molar-refractivity contribution >= 4 is 18.2 Å². The number of phenolic OH excluding ortho intramolecular Hbond substituents is 2. The molecule has 4 nitrogen and oxygen atoms in total. The Morgan fingerprint density at radius 1 is 1.00 bits per heavy atom. The Kier molecular flexibility index (Phi) is 6.03. The molecule has 0 radical (unpaired) electrons. The number of benzene rings is 2. The van der Waals surface area contributed by atoms with Gasteiger partial charge in [0.2, 0.25) is 0 Å². The minimum atomic E-state index is -0.159. The Bertz CT molecular complexity index is 573. The van der Waals surface area contributed by atoms with Crippen molar-refractivity contribution in [1.29, 1.82) is 0 Å². The van der Waals surface area contributed by atoms with Crippen molar-refractivity contribution in [1.82, 2.24) is 5.32 Å². The standard InChI is InChI=1S/C15H15NO3.ClH/c17-13-7-6-11(8-14(13)18)9-16-10-15(19)12-4-2-1-3-5-12;/h1-8,16-18H,9-10H2;1H. The van der Waals surface area contributed by atoms with Crippen LogP contribution in [0.1, 0.15) is 15.9 Å². The van der Waals surface area contributed by atoms with E-state index in [1.54, 1.807) is 18.2 Å². The Morgan fingerprint density at radius 3 is 2.35 bits per heavy atom. The van der Waals surface area contributed by atoms with E-state index in [-0.39, 0.29) is 36.2 Å². The summed E-state index contributed by atoms with van der Waals surface area (Å²) in [5, 5.41) is 21.5. The maximum absolute atomic E-state index is 11.8. The van der Waals surface area contributed by atoms with Gasteiger partial charge in [0.25, 0.3) is 0 Å². The highest BCUT2D eigenvalue weighted by atomic mass is 35.5. The summed E-state index contributed by atoms with van der Waals surface area (Å²) in [5.41, 5.74) is 1.47. The molecule has 2 aromatic rings. The molecule has 0 heterocycles. The maximum Gasteiger partial charge on any atom is 0.176 e. The van der Waals surface area contributed by atoms with E-state index >= 15 is 0 Å². The molecular weight excluding hydrogens is 278 g/mol. The van der Waals surface area contributed by atoms with E-state index in [1.165, 1.54) is 12.1 Å². The lowest BCUT2D eigenvalue weighted by Crippen LogP contribution is -2.22. The van der Waals surface area contributed by atoms with E-state index in [9.17, 15) is 15.0 Å². The lowest BCUT2D eigenvalue weighted by Gasteiger charge is -2.06. The van der Waals surface area contributed by atoms with Crippen molar-refractivity contribution < 1.29 is 15.0 Å². The van der Waals surface area contributed by atoms with E-state index in [0.717, 1.165) is 5.56 Å². The summed E-state index contributed by atoms with van der Waals surface area (Å²) in [6.45, 7) is 0.679. The quantitative estimate of drug-likeness (QED) is 0.585. The van der Waals surface area contributed by atoms with E-state index in [4.69, 9.17) is 0 Å². The average molecular weight is 294 g/mol. The van der Waals surface area contributed by atoms with Gasteiger partial charge in [-0.05, 0) is 17.7 Å². The second kappa shape index (κ2) is 7.53. The molecule has 0 fully saturated rings. The van der Waals surface area contributed by atoms with Crippen molar-refractivity contribution in [3.63, 3.8) is 0 Å². The average Bonchev–Trinajstić information content (AvgIpc) is 2.43. The summed E-state index contributed by atoms with van der Waals surface area (Å²) >= 11 is 0.